The molecule has 96 valence electrons. The maximum absolute atomic E-state index is 5.55. The second-order valence-corrected chi connectivity index (χ2v) is 5.08. The Morgan fingerprint density at radius 1 is 1.21 bits per heavy atom. The Labute approximate surface area is 114 Å². The van der Waals surface area contributed by atoms with E-state index in [9.17, 15) is 0 Å². The van der Waals surface area contributed by atoms with Crippen molar-refractivity contribution in [3.63, 3.8) is 0 Å². The van der Waals surface area contributed by atoms with Gasteiger partial charge in [-0.25, -0.2) is 15.0 Å². The standard InChI is InChI=1S/C13H12N4OS/c1-9-3-4-11(18-9)12-16-7-10(19-12)8-17-13-14-5-2-6-15-13/h2-7H,8H2,1H3,(H,14,15,17). The minimum Gasteiger partial charge on any atom is -0.459 e. The lowest BCUT2D eigenvalue weighted by Gasteiger charge is -2.00. The lowest BCUT2D eigenvalue weighted by molar-refractivity contribution is 0.548. The topological polar surface area (TPSA) is 63.8 Å². The van der Waals surface area contributed by atoms with Crippen LogP contribution < -0.4 is 5.32 Å². The number of aryl methyl sites for hydroxylation is 1. The Hall–Kier alpha value is -2.21. The molecule has 3 aromatic rings. The van der Waals surface area contributed by atoms with Gasteiger partial charge in [0, 0.05) is 23.5 Å². The summed E-state index contributed by atoms with van der Waals surface area (Å²) in [7, 11) is 0. The maximum atomic E-state index is 5.55. The number of aromatic nitrogens is 3. The van der Waals surface area contributed by atoms with E-state index < -0.39 is 0 Å². The third-order valence-corrected chi connectivity index (χ3v) is 3.50. The molecule has 3 rings (SSSR count). The van der Waals surface area contributed by atoms with Gasteiger partial charge in [-0.2, -0.15) is 0 Å². The smallest absolute Gasteiger partial charge is 0.222 e. The number of furan rings is 1. The summed E-state index contributed by atoms with van der Waals surface area (Å²) in [6.45, 7) is 2.58. The summed E-state index contributed by atoms with van der Waals surface area (Å²) < 4.78 is 5.55. The molecule has 0 fully saturated rings. The monoisotopic (exact) mass is 272 g/mol. The van der Waals surface area contributed by atoms with Gasteiger partial charge in [0.1, 0.15) is 5.76 Å². The van der Waals surface area contributed by atoms with Crippen molar-refractivity contribution in [3.8, 4) is 10.8 Å². The van der Waals surface area contributed by atoms with Crippen LogP contribution in [0.2, 0.25) is 0 Å². The van der Waals surface area contributed by atoms with E-state index in [0.717, 1.165) is 21.4 Å². The number of thiazole rings is 1. The quantitative estimate of drug-likeness (QED) is 0.790. The molecule has 0 aliphatic carbocycles. The van der Waals surface area contributed by atoms with Crippen LogP contribution >= 0.6 is 11.3 Å². The zero-order chi connectivity index (χ0) is 13.1. The number of rotatable bonds is 4. The summed E-state index contributed by atoms with van der Waals surface area (Å²) in [5.41, 5.74) is 0. The molecular formula is C13H12N4OS. The summed E-state index contributed by atoms with van der Waals surface area (Å²) in [6, 6.07) is 5.66. The van der Waals surface area contributed by atoms with Crippen molar-refractivity contribution in [1.82, 2.24) is 15.0 Å². The van der Waals surface area contributed by atoms with Crippen LogP contribution in [0.3, 0.4) is 0 Å². The van der Waals surface area contributed by atoms with Crippen LogP contribution in [0.5, 0.6) is 0 Å². The summed E-state index contributed by atoms with van der Waals surface area (Å²) in [5, 5.41) is 4.04. The highest BCUT2D eigenvalue weighted by atomic mass is 32.1. The highest BCUT2D eigenvalue weighted by molar-refractivity contribution is 7.14. The third-order valence-electron chi connectivity index (χ3n) is 2.49. The number of nitrogens with zero attached hydrogens (tertiary/aromatic N) is 3. The van der Waals surface area contributed by atoms with Gasteiger partial charge in [-0.15, -0.1) is 11.3 Å². The average molecular weight is 272 g/mol. The van der Waals surface area contributed by atoms with Crippen molar-refractivity contribution < 1.29 is 4.42 Å². The van der Waals surface area contributed by atoms with Crippen LogP contribution in [0.4, 0.5) is 5.95 Å². The molecule has 0 bridgehead atoms. The predicted octanol–water partition coefficient (Wildman–Crippen LogP) is 3.11. The fraction of sp³-hybridized carbons (Fsp3) is 0.154. The normalized spacial score (nSPS) is 10.6. The first kappa shape index (κ1) is 11.9. The second-order valence-electron chi connectivity index (χ2n) is 3.97. The van der Waals surface area contributed by atoms with E-state index in [1.807, 2.05) is 25.3 Å². The first-order valence-electron chi connectivity index (χ1n) is 5.84. The largest absolute Gasteiger partial charge is 0.459 e. The first-order chi connectivity index (χ1) is 9.31. The van der Waals surface area contributed by atoms with E-state index in [0.29, 0.717) is 12.5 Å². The van der Waals surface area contributed by atoms with Gasteiger partial charge in [0.2, 0.25) is 5.95 Å². The van der Waals surface area contributed by atoms with E-state index in [2.05, 4.69) is 20.3 Å². The van der Waals surface area contributed by atoms with Crippen LogP contribution in [0.15, 0.2) is 41.2 Å². The van der Waals surface area contributed by atoms with Crippen molar-refractivity contribution in [1.29, 1.82) is 0 Å². The van der Waals surface area contributed by atoms with Gasteiger partial charge in [-0.1, -0.05) is 0 Å². The van der Waals surface area contributed by atoms with Crippen LogP contribution in [0.1, 0.15) is 10.6 Å². The SMILES string of the molecule is Cc1ccc(-c2ncc(CNc3ncccn3)s2)o1. The van der Waals surface area contributed by atoms with E-state index >= 15 is 0 Å². The van der Waals surface area contributed by atoms with Crippen molar-refractivity contribution in [2.75, 3.05) is 5.32 Å². The molecule has 0 radical (unpaired) electrons. The molecule has 5 nitrogen and oxygen atoms in total. The van der Waals surface area contributed by atoms with E-state index in [-0.39, 0.29) is 0 Å². The number of hydrogen-bond acceptors (Lipinski definition) is 6. The Kier molecular flexibility index (Phi) is 3.24. The van der Waals surface area contributed by atoms with Crippen LogP contribution in [-0.4, -0.2) is 15.0 Å². The van der Waals surface area contributed by atoms with Gasteiger partial charge >= 0.3 is 0 Å². The summed E-state index contributed by atoms with van der Waals surface area (Å²) in [4.78, 5) is 13.7. The molecular weight excluding hydrogens is 260 g/mol. The zero-order valence-corrected chi connectivity index (χ0v) is 11.1. The van der Waals surface area contributed by atoms with E-state index in [1.54, 1.807) is 29.8 Å². The van der Waals surface area contributed by atoms with Crippen LogP contribution in [-0.2, 0) is 6.54 Å². The molecule has 0 aromatic carbocycles. The number of anilines is 1. The molecule has 1 N–H and O–H groups in total. The zero-order valence-electron chi connectivity index (χ0n) is 10.3. The van der Waals surface area contributed by atoms with E-state index in [1.165, 1.54) is 0 Å². The minimum absolute atomic E-state index is 0.617. The Morgan fingerprint density at radius 2 is 2.05 bits per heavy atom. The lowest BCUT2D eigenvalue weighted by Crippen LogP contribution is -2.01. The number of nitrogens with one attached hydrogen (secondary N) is 1. The molecule has 3 heterocycles. The van der Waals surface area contributed by atoms with Gasteiger partial charge in [0.05, 0.1) is 6.54 Å². The highest BCUT2D eigenvalue weighted by Gasteiger charge is 2.08. The molecule has 0 aliphatic heterocycles. The van der Waals surface area contributed by atoms with E-state index in [4.69, 9.17) is 4.42 Å². The van der Waals surface area contributed by atoms with Gasteiger partial charge in [-0.05, 0) is 25.1 Å². The molecule has 0 saturated heterocycles. The fourth-order valence-corrected chi connectivity index (χ4v) is 2.42. The Bertz CT molecular complexity index is 662. The second kappa shape index (κ2) is 5.19. The van der Waals surface area contributed by atoms with Crippen molar-refractivity contribution in [2.24, 2.45) is 0 Å². The number of hydrogen-bond donors (Lipinski definition) is 1. The molecule has 19 heavy (non-hydrogen) atoms. The molecule has 0 atom stereocenters. The molecule has 0 unspecified atom stereocenters. The molecule has 6 heteroatoms. The van der Waals surface area contributed by atoms with Gasteiger partial charge < -0.3 is 9.73 Å². The van der Waals surface area contributed by atoms with Crippen molar-refractivity contribution in [3.05, 3.63) is 47.4 Å². The van der Waals surface area contributed by atoms with Crippen LogP contribution in [0, 0.1) is 6.92 Å². The third kappa shape index (κ3) is 2.79. The van der Waals surface area contributed by atoms with Gasteiger partial charge in [-0.3, -0.25) is 0 Å². The highest BCUT2D eigenvalue weighted by Crippen LogP contribution is 2.26. The average Bonchev–Trinajstić information content (AvgIpc) is 3.06. The molecule has 0 spiro atoms. The Balaban J connectivity index is 1.68. The Morgan fingerprint density at radius 3 is 2.79 bits per heavy atom. The predicted molar refractivity (Wildman–Crippen MR) is 73.9 cm³/mol. The molecule has 0 amide bonds. The fourth-order valence-electron chi connectivity index (χ4n) is 1.61. The molecule has 0 saturated carbocycles. The lowest BCUT2D eigenvalue weighted by atomic mass is 10.4. The first-order valence-corrected chi connectivity index (χ1v) is 6.65. The van der Waals surface area contributed by atoms with Crippen molar-refractivity contribution >= 4 is 17.3 Å². The molecule has 0 aliphatic rings. The van der Waals surface area contributed by atoms with Gasteiger partial charge in [0.15, 0.2) is 10.8 Å². The summed E-state index contributed by atoms with van der Waals surface area (Å²) in [6.07, 6.45) is 5.26. The molecule has 3 aromatic heterocycles. The van der Waals surface area contributed by atoms with Gasteiger partial charge in [0.25, 0.3) is 0 Å². The summed E-state index contributed by atoms with van der Waals surface area (Å²) >= 11 is 1.60. The van der Waals surface area contributed by atoms with Crippen LogP contribution in [0.25, 0.3) is 10.8 Å². The minimum atomic E-state index is 0.617. The summed E-state index contributed by atoms with van der Waals surface area (Å²) in [5.74, 6) is 2.32. The van der Waals surface area contributed by atoms with Crippen molar-refractivity contribution in [2.45, 2.75) is 13.5 Å². The maximum Gasteiger partial charge on any atom is 0.222 e.